The van der Waals surface area contributed by atoms with Gasteiger partial charge in [0.1, 0.15) is 0 Å². The van der Waals surface area contributed by atoms with Crippen molar-refractivity contribution in [1.82, 2.24) is 10.2 Å². The predicted octanol–water partition coefficient (Wildman–Crippen LogP) is -0.957. The van der Waals surface area contributed by atoms with Crippen molar-refractivity contribution in [3.05, 3.63) is 17.8 Å². The molecule has 2 N–H and O–H groups in total. The molecule has 0 saturated heterocycles. The first kappa shape index (κ1) is 8.39. The minimum absolute atomic E-state index is 0.352. The van der Waals surface area contributed by atoms with Crippen molar-refractivity contribution in [3.8, 4) is 0 Å². The van der Waals surface area contributed by atoms with E-state index in [0.717, 1.165) is 9.87 Å². The molecule has 1 aromatic rings. The van der Waals surface area contributed by atoms with Gasteiger partial charge in [-0.15, -0.1) is 5.10 Å². The third-order valence-electron chi connectivity index (χ3n) is 1.91. The molecule has 0 unspecified atom stereocenters. The van der Waals surface area contributed by atoms with Gasteiger partial charge >= 0.3 is 0 Å². The van der Waals surface area contributed by atoms with Crippen LogP contribution in [0.3, 0.4) is 0 Å². The number of rotatable bonds is 1. The van der Waals surface area contributed by atoms with Crippen molar-refractivity contribution >= 4 is 16.0 Å². The first-order valence-corrected chi connectivity index (χ1v) is 5.20. The van der Waals surface area contributed by atoms with Crippen LogP contribution in [0.15, 0.2) is 12.3 Å². The molecule has 0 radical (unpaired) electrons. The monoisotopic (exact) mass is 200 g/mol. The normalized spacial score (nSPS) is 15.9. The molecule has 0 atom stereocenters. The van der Waals surface area contributed by atoms with Crippen LogP contribution in [0.4, 0.5) is 5.82 Å². The second-order valence-corrected chi connectivity index (χ2v) is 4.22. The van der Waals surface area contributed by atoms with E-state index in [1.807, 2.05) is 0 Å². The Bertz CT molecular complexity index is 430. The fourth-order valence-corrected chi connectivity index (χ4v) is 2.07. The quantitative estimate of drug-likeness (QED) is 0.632. The van der Waals surface area contributed by atoms with E-state index in [2.05, 4.69) is 10.2 Å². The van der Waals surface area contributed by atoms with Crippen LogP contribution in [0, 0.1) is 0 Å². The fraction of sp³-hybridized carbons (Fsp3) is 0.333. The molecule has 0 aromatic carbocycles. The lowest BCUT2D eigenvalue weighted by Gasteiger charge is -2.12. The molecule has 2 heterocycles. The van der Waals surface area contributed by atoms with E-state index in [-0.39, 0.29) is 0 Å². The second-order valence-electron chi connectivity index (χ2n) is 2.75. The van der Waals surface area contributed by atoms with Gasteiger partial charge in [0.05, 0.1) is 6.20 Å². The van der Waals surface area contributed by atoms with Crippen LogP contribution in [-0.4, -0.2) is 25.2 Å². The molecule has 0 bridgehead atoms. The second kappa shape index (κ2) is 2.64. The Morgan fingerprint density at radius 2 is 2.31 bits per heavy atom. The first-order valence-electron chi connectivity index (χ1n) is 3.70. The van der Waals surface area contributed by atoms with E-state index >= 15 is 0 Å². The standard InChI is InChI=1S/C6H8N4O2S/c7-13(11,12)10-4-2-5-1-3-8-9-6(5)10/h1,3H,2,4H2,(H2,7,11,12). The Balaban J connectivity index is 2.51. The maximum atomic E-state index is 11.0. The fourth-order valence-electron chi connectivity index (χ4n) is 1.33. The summed E-state index contributed by atoms with van der Waals surface area (Å²) in [4.78, 5) is 0. The van der Waals surface area contributed by atoms with E-state index in [1.165, 1.54) is 6.20 Å². The lowest BCUT2D eigenvalue weighted by Crippen LogP contribution is -2.35. The zero-order valence-corrected chi connectivity index (χ0v) is 7.53. The van der Waals surface area contributed by atoms with Gasteiger partial charge in [0.25, 0.3) is 10.2 Å². The van der Waals surface area contributed by atoms with E-state index in [0.29, 0.717) is 18.8 Å². The van der Waals surface area contributed by atoms with Gasteiger partial charge in [-0.2, -0.15) is 13.5 Å². The average Bonchev–Trinajstić information content (AvgIpc) is 2.45. The molecule has 6 nitrogen and oxygen atoms in total. The largest absolute Gasteiger partial charge is 0.300 e. The number of hydrogen-bond donors (Lipinski definition) is 1. The van der Waals surface area contributed by atoms with Crippen molar-refractivity contribution in [2.24, 2.45) is 5.14 Å². The molecule has 0 fully saturated rings. The van der Waals surface area contributed by atoms with Crippen molar-refractivity contribution in [2.75, 3.05) is 10.8 Å². The summed E-state index contributed by atoms with van der Waals surface area (Å²) < 4.78 is 23.1. The topological polar surface area (TPSA) is 89.2 Å². The molecule has 0 amide bonds. The minimum atomic E-state index is -3.69. The Hall–Kier alpha value is -1.21. The highest BCUT2D eigenvalue weighted by atomic mass is 32.2. The van der Waals surface area contributed by atoms with Gasteiger partial charge < -0.3 is 0 Å². The number of aromatic nitrogens is 2. The molecule has 70 valence electrons. The van der Waals surface area contributed by atoms with Gasteiger partial charge in [0.15, 0.2) is 5.82 Å². The third kappa shape index (κ3) is 1.36. The number of nitrogens with zero attached hydrogens (tertiary/aromatic N) is 3. The van der Waals surface area contributed by atoms with Crippen molar-refractivity contribution < 1.29 is 8.42 Å². The molecule has 0 spiro atoms. The van der Waals surface area contributed by atoms with Gasteiger partial charge in [-0.05, 0) is 12.5 Å². The van der Waals surface area contributed by atoms with Crippen LogP contribution in [-0.2, 0) is 16.6 Å². The molecule has 2 rings (SSSR count). The molecule has 1 aliphatic heterocycles. The predicted molar refractivity (Wildman–Crippen MR) is 46.2 cm³/mol. The summed E-state index contributed by atoms with van der Waals surface area (Å²) in [6, 6.07) is 1.74. The number of anilines is 1. The molecule has 0 saturated carbocycles. The third-order valence-corrected chi connectivity index (χ3v) is 2.88. The highest BCUT2D eigenvalue weighted by Crippen LogP contribution is 2.24. The van der Waals surface area contributed by atoms with Crippen LogP contribution in [0.25, 0.3) is 0 Å². The Morgan fingerprint density at radius 1 is 1.54 bits per heavy atom. The number of nitrogens with two attached hydrogens (primary N) is 1. The Morgan fingerprint density at radius 3 is 3.00 bits per heavy atom. The number of hydrogen-bond acceptors (Lipinski definition) is 4. The molecule has 1 aliphatic rings. The van der Waals surface area contributed by atoms with Gasteiger partial charge in [-0.3, -0.25) is 0 Å². The zero-order chi connectivity index (χ0) is 9.47. The van der Waals surface area contributed by atoms with Crippen LogP contribution >= 0.6 is 0 Å². The van der Waals surface area contributed by atoms with Crippen LogP contribution in [0.2, 0.25) is 0 Å². The lowest BCUT2D eigenvalue weighted by atomic mass is 10.2. The van der Waals surface area contributed by atoms with Crippen molar-refractivity contribution in [3.63, 3.8) is 0 Å². The summed E-state index contributed by atoms with van der Waals surface area (Å²) in [7, 11) is -3.69. The summed E-state index contributed by atoms with van der Waals surface area (Å²) in [5.41, 5.74) is 0.865. The average molecular weight is 200 g/mol. The van der Waals surface area contributed by atoms with E-state index in [1.54, 1.807) is 6.07 Å². The van der Waals surface area contributed by atoms with Crippen LogP contribution in [0.5, 0.6) is 0 Å². The maximum Gasteiger partial charge on any atom is 0.300 e. The summed E-state index contributed by atoms with van der Waals surface area (Å²) in [6.45, 7) is 0.354. The summed E-state index contributed by atoms with van der Waals surface area (Å²) >= 11 is 0. The van der Waals surface area contributed by atoms with Gasteiger partial charge in [0.2, 0.25) is 0 Å². The van der Waals surface area contributed by atoms with Crippen molar-refractivity contribution in [2.45, 2.75) is 6.42 Å². The molecule has 1 aromatic heterocycles. The van der Waals surface area contributed by atoms with Crippen LogP contribution < -0.4 is 9.44 Å². The molecule has 13 heavy (non-hydrogen) atoms. The van der Waals surface area contributed by atoms with Gasteiger partial charge in [-0.1, -0.05) is 0 Å². The molecule has 7 heteroatoms. The Labute approximate surface area is 75.6 Å². The zero-order valence-electron chi connectivity index (χ0n) is 6.71. The SMILES string of the molecule is NS(=O)(=O)N1CCc2ccnnc21. The summed E-state index contributed by atoms with van der Waals surface area (Å²) in [5, 5.41) is 12.3. The summed E-state index contributed by atoms with van der Waals surface area (Å²) in [5.74, 6) is 0.352. The highest BCUT2D eigenvalue weighted by Gasteiger charge is 2.27. The lowest BCUT2D eigenvalue weighted by molar-refractivity contribution is 0.593. The van der Waals surface area contributed by atoms with Crippen LogP contribution in [0.1, 0.15) is 5.56 Å². The molecular formula is C6H8N4O2S. The smallest absolute Gasteiger partial charge is 0.239 e. The van der Waals surface area contributed by atoms with Gasteiger partial charge in [0, 0.05) is 12.1 Å². The Kier molecular flexibility index (Phi) is 1.70. The summed E-state index contributed by atoms with van der Waals surface area (Å²) in [6.07, 6.45) is 2.17. The van der Waals surface area contributed by atoms with E-state index in [4.69, 9.17) is 5.14 Å². The molecule has 0 aliphatic carbocycles. The van der Waals surface area contributed by atoms with Gasteiger partial charge in [-0.25, -0.2) is 9.44 Å². The van der Waals surface area contributed by atoms with Crippen molar-refractivity contribution in [1.29, 1.82) is 0 Å². The minimum Gasteiger partial charge on any atom is -0.239 e. The van der Waals surface area contributed by atoms with E-state index < -0.39 is 10.2 Å². The maximum absolute atomic E-state index is 11.0. The molecular weight excluding hydrogens is 192 g/mol. The highest BCUT2D eigenvalue weighted by molar-refractivity contribution is 7.90. The van der Waals surface area contributed by atoms with E-state index in [9.17, 15) is 8.42 Å². The first-order chi connectivity index (χ1) is 6.09. The number of fused-ring (bicyclic) bond motifs is 1.